The summed E-state index contributed by atoms with van der Waals surface area (Å²) in [5.41, 5.74) is 2.45. The maximum Gasteiger partial charge on any atom is 0.143 e. The predicted octanol–water partition coefficient (Wildman–Crippen LogP) is 3.49. The number of nitriles is 1. The minimum Gasteiger partial charge on any atom is -0.381 e. The number of aromatic nitrogens is 2. The van der Waals surface area contributed by atoms with Crippen LogP contribution in [0.25, 0.3) is 11.1 Å². The molecule has 5 nitrogen and oxygen atoms in total. The molecule has 2 heterocycles. The lowest BCUT2D eigenvalue weighted by Crippen LogP contribution is -2.10. The van der Waals surface area contributed by atoms with E-state index in [4.69, 9.17) is 4.74 Å². The number of hydrogen-bond acceptors (Lipinski definition) is 5. The Balaban J connectivity index is 1.92. The van der Waals surface area contributed by atoms with E-state index in [0.717, 1.165) is 30.7 Å². The van der Waals surface area contributed by atoms with Crippen LogP contribution in [0, 0.1) is 17.2 Å². The lowest BCUT2D eigenvalue weighted by Gasteiger charge is -2.10. The molecule has 0 amide bonds. The molecule has 2 aromatic heterocycles. The van der Waals surface area contributed by atoms with Crippen molar-refractivity contribution in [2.24, 2.45) is 5.92 Å². The Morgan fingerprint density at radius 1 is 1.26 bits per heavy atom. The van der Waals surface area contributed by atoms with Crippen LogP contribution in [-0.4, -0.2) is 29.7 Å². The Bertz CT molecular complexity index is 650. The third-order valence-electron chi connectivity index (χ3n) is 3.23. The molecule has 0 aliphatic heterocycles. The molecule has 0 aliphatic rings. The van der Waals surface area contributed by atoms with Gasteiger partial charge in [-0.05, 0) is 36.1 Å². The first-order valence-corrected chi connectivity index (χ1v) is 7.83. The van der Waals surface area contributed by atoms with Crippen molar-refractivity contribution in [2.75, 3.05) is 25.1 Å². The zero-order valence-electron chi connectivity index (χ0n) is 13.6. The lowest BCUT2D eigenvalue weighted by molar-refractivity contribution is 0.110. The first kappa shape index (κ1) is 16.9. The average molecular weight is 310 g/mol. The summed E-state index contributed by atoms with van der Waals surface area (Å²) in [5.74, 6) is 1.17. The first-order valence-electron chi connectivity index (χ1n) is 7.83. The number of rotatable bonds is 8. The van der Waals surface area contributed by atoms with Crippen LogP contribution >= 0.6 is 0 Å². The Morgan fingerprint density at radius 3 is 2.74 bits per heavy atom. The first-order chi connectivity index (χ1) is 11.2. The van der Waals surface area contributed by atoms with Crippen molar-refractivity contribution in [3.05, 3.63) is 42.4 Å². The maximum atomic E-state index is 9.32. The van der Waals surface area contributed by atoms with Gasteiger partial charge < -0.3 is 10.1 Å². The van der Waals surface area contributed by atoms with Crippen LogP contribution in [0.15, 0.2) is 36.8 Å². The van der Waals surface area contributed by atoms with Crippen molar-refractivity contribution < 1.29 is 4.74 Å². The Labute approximate surface area is 137 Å². The molecule has 5 heteroatoms. The van der Waals surface area contributed by atoms with E-state index in [1.165, 1.54) is 0 Å². The molecule has 0 spiro atoms. The number of nitrogens with one attached hydrogen (secondary N) is 1. The second-order valence-corrected chi connectivity index (χ2v) is 5.72. The van der Waals surface area contributed by atoms with Gasteiger partial charge in [0.1, 0.15) is 11.9 Å². The summed E-state index contributed by atoms with van der Waals surface area (Å²) < 4.78 is 5.54. The standard InChI is InChI=1S/C18H22N4O/c1-14(2)13-23-9-3-6-21-18-16(11-19)10-17(12-22-18)15-4-7-20-8-5-15/h4-5,7-8,10,12,14H,3,6,9,13H2,1-2H3,(H,21,22). The van der Waals surface area contributed by atoms with Crippen molar-refractivity contribution in [3.8, 4) is 17.2 Å². The molecule has 0 unspecified atom stereocenters. The Hall–Kier alpha value is -2.45. The summed E-state index contributed by atoms with van der Waals surface area (Å²) in [7, 11) is 0. The fourth-order valence-corrected chi connectivity index (χ4v) is 2.09. The van der Waals surface area contributed by atoms with Crippen molar-refractivity contribution in [1.82, 2.24) is 9.97 Å². The second-order valence-electron chi connectivity index (χ2n) is 5.72. The summed E-state index contributed by atoms with van der Waals surface area (Å²) in [6.07, 6.45) is 6.11. The van der Waals surface area contributed by atoms with E-state index >= 15 is 0 Å². The minimum absolute atomic E-state index is 0.544. The fourth-order valence-electron chi connectivity index (χ4n) is 2.09. The minimum atomic E-state index is 0.544. The molecule has 0 atom stereocenters. The molecule has 0 saturated carbocycles. The van der Waals surface area contributed by atoms with Gasteiger partial charge in [0.25, 0.3) is 0 Å². The van der Waals surface area contributed by atoms with Crippen molar-refractivity contribution in [2.45, 2.75) is 20.3 Å². The largest absolute Gasteiger partial charge is 0.381 e. The van der Waals surface area contributed by atoms with Crippen molar-refractivity contribution >= 4 is 5.82 Å². The van der Waals surface area contributed by atoms with Gasteiger partial charge in [0.15, 0.2) is 0 Å². The van der Waals surface area contributed by atoms with Crippen LogP contribution in [0.4, 0.5) is 5.82 Å². The number of pyridine rings is 2. The highest BCUT2D eigenvalue weighted by Gasteiger charge is 2.06. The predicted molar refractivity (Wildman–Crippen MR) is 90.9 cm³/mol. The molecule has 0 saturated heterocycles. The van der Waals surface area contributed by atoms with E-state index in [9.17, 15) is 5.26 Å². The number of anilines is 1. The summed E-state index contributed by atoms with van der Waals surface area (Å²) in [4.78, 5) is 8.37. The molecule has 120 valence electrons. The van der Waals surface area contributed by atoms with Crippen LogP contribution in [0.3, 0.4) is 0 Å². The zero-order chi connectivity index (χ0) is 16.5. The van der Waals surface area contributed by atoms with Crippen LogP contribution in [0.1, 0.15) is 25.8 Å². The van der Waals surface area contributed by atoms with Crippen LogP contribution in [0.2, 0.25) is 0 Å². The SMILES string of the molecule is CC(C)COCCCNc1ncc(-c2ccncc2)cc1C#N. The molecule has 23 heavy (non-hydrogen) atoms. The van der Waals surface area contributed by atoms with E-state index in [1.807, 2.05) is 18.2 Å². The molecule has 0 aromatic carbocycles. The molecule has 0 fully saturated rings. The van der Waals surface area contributed by atoms with E-state index in [2.05, 4.69) is 35.2 Å². The Kier molecular flexibility index (Phi) is 6.52. The molecule has 0 bridgehead atoms. The molecule has 1 N–H and O–H groups in total. The van der Waals surface area contributed by atoms with Crippen LogP contribution in [-0.2, 0) is 4.74 Å². The quantitative estimate of drug-likeness (QED) is 0.756. The van der Waals surface area contributed by atoms with Gasteiger partial charge >= 0.3 is 0 Å². The lowest BCUT2D eigenvalue weighted by atomic mass is 10.1. The molecule has 2 aromatic rings. The highest BCUT2D eigenvalue weighted by molar-refractivity contribution is 5.67. The summed E-state index contributed by atoms with van der Waals surface area (Å²) >= 11 is 0. The molecule has 2 rings (SSSR count). The number of ether oxygens (including phenoxy) is 1. The zero-order valence-corrected chi connectivity index (χ0v) is 13.6. The van der Waals surface area contributed by atoms with E-state index in [1.54, 1.807) is 18.6 Å². The number of hydrogen-bond donors (Lipinski definition) is 1. The highest BCUT2D eigenvalue weighted by Crippen LogP contribution is 2.22. The van der Waals surface area contributed by atoms with Crippen LogP contribution < -0.4 is 5.32 Å². The topological polar surface area (TPSA) is 70.8 Å². The average Bonchev–Trinajstić information content (AvgIpc) is 2.58. The van der Waals surface area contributed by atoms with E-state index < -0.39 is 0 Å². The van der Waals surface area contributed by atoms with Gasteiger partial charge in [-0.2, -0.15) is 5.26 Å². The molecular formula is C18H22N4O. The van der Waals surface area contributed by atoms with Gasteiger partial charge in [0.05, 0.1) is 5.56 Å². The van der Waals surface area contributed by atoms with Crippen molar-refractivity contribution in [3.63, 3.8) is 0 Å². The summed E-state index contributed by atoms with van der Waals surface area (Å²) in [5, 5.41) is 12.5. The summed E-state index contributed by atoms with van der Waals surface area (Å²) in [6.45, 7) is 6.48. The highest BCUT2D eigenvalue weighted by atomic mass is 16.5. The molecular weight excluding hydrogens is 288 g/mol. The monoisotopic (exact) mass is 310 g/mol. The van der Waals surface area contributed by atoms with Gasteiger partial charge in [-0.15, -0.1) is 0 Å². The normalized spacial score (nSPS) is 10.5. The molecule has 0 radical (unpaired) electrons. The maximum absolute atomic E-state index is 9.32. The van der Waals surface area contributed by atoms with Crippen LogP contribution in [0.5, 0.6) is 0 Å². The molecule has 0 aliphatic carbocycles. The Morgan fingerprint density at radius 2 is 2.04 bits per heavy atom. The third-order valence-corrected chi connectivity index (χ3v) is 3.23. The summed E-state index contributed by atoms with van der Waals surface area (Å²) in [6, 6.07) is 7.85. The van der Waals surface area contributed by atoms with Gasteiger partial charge in [-0.25, -0.2) is 4.98 Å². The smallest absolute Gasteiger partial charge is 0.143 e. The van der Waals surface area contributed by atoms with Gasteiger partial charge in [-0.3, -0.25) is 4.98 Å². The van der Waals surface area contributed by atoms with Crippen molar-refractivity contribution in [1.29, 1.82) is 5.26 Å². The number of nitrogens with zero attached hydrogens (tertiary/aromatic N) is 3. The van der Waals surface area contributed by atoms with E-state index in [-0.39, 0.29) is 0 Å². The third kappa shape index (κ3) is 5.35. The second kappa shape index (κ2) is 8.86. The fraction of sp³-hybridized carbons (Fsp3) is 0.389. The van der Waals surface area contributed by atoms with Gasteiger partial charge in [0.2, 0.25) is 0 Å². The van der Waals surface area contributed by atoms with Gasteiger partial charge in [0, 0.05) is 43.9 Å². The van der Waals surface area contributed by atoms with Gasteiger partial charge in [-0.1, -0.05) is 13.8 Å². The van der Waals surface area contributed by atoms with E-state index in [0.29, 0.717) is 23.9 Å².